The van der Waals surface area contributed by atoms with E-state index >= 15 is 0 Å². The van der Waals surface area contributed by atoms with Gasteiger partial charge in [-0.3, -0.25) is 9.59 Å². The van der Waals surface area contributed by atoms with Gasteiger partial charge in [0.25, 0.3) is 0 Å². The first-order valence-electron chi connectivity index (χ1n) is 7.73. The molecule has 1 aliphatic carbocycles. The van der Waals surface area contributed by atoms with Crippen LogP contribution in [0.2, 0.25) is 0 Å². The molecule has 1 atom stereocenters. The number of benzene rings is 1. The molecular weight excluding hydrogens is 266 g/mol. The molecule has 1 aromatic rings. The summed E-state index contributed by atoms with van der Waals surface area (Å²) in [7, 11) is 0. The Labute approximate surface area is 124 Å². The fraction of sp³-hybridized carbons (Fsp3) is 0.529. The lowest BCUT2D eigenvalue weighted by atomic mass is 9.75. The van der Waals surface area contributed by atoms with Crippen LogP contribution in [0.4, 0.5) is 0 Å². The molecule has 2 fully saturated rings. The summed E-state index contributed by atoms with van der Waals surface area (Å²) in [5.74, 6) is -0.600. The molecule has 1 aliphatic heterocycles. The van der Waals surface area contributed by atoms with Crippen molar-refractivity contribution in [3.8, 4) is 0 Å². The highest BCUT2D eigenvalue weighted by Gasteiger charge is 2.52. The van der Waals surface area contributed by atoms with Crippen molar-refractivity contribution in [1.82, 2.24) is 5.32 Å². The van der Waals surface area contributed by atoms with E-state index in [2.05, 4.69) is 5.32 Å². The van der Waals surface area contributed by atoms with Gasteiger partial charge >= 0.3 is 5.97 Å². The van der Waals surface area contributed by atoms with Crippen molar-refractivity contribution in [2.75, 3.05) is 0 Å². The SMILES string of the molecule is O=C1CC(C(=O)NCc2ccccc2)C2(CCCCC2)O1. The molecule has 1 aromatic carbocycles. The molecule has 4 nitrogen and oxygen atoms in total. The average Bonchev–Trinajstić information content (AvgIpc) is 2.82. The van der Waals surface area contributed by atoms with Gasteiger partial charge in [0.05, 0.1) is 12.3 Å². The second-order valence-electron chi connectivity index (χ2n) is 6.06. The van der Waals surface area contributed by atoms with E-state index in [1.54, 1.807) is 0 Å². The highest BCUT2D eigenvalue weighted by molar-refractivity contribution is 5.87. The Morgan fingerprint density at radius 3 is 2.62 bits per heavy atom. The lowest BCUT2D eigenvalue weighted by molar-refractivity contribution is -0.153. The Kier molecular flexibility index (Phi) is 3.95. The van der Waals surface area contributed by atoms with E-state index in [4.69, 9.17) is 4.74 Å². The smallest absolute Gasteiger partial charge is 0.307 e. The van der Waals surface area contributed by atoms with E-state index in [0.717, 1.165) is 37.7 Å². The van der Waals surface area contributed by atoms with Crippen LogP contribution in [0.3, 0.4) is 0 Å². The van der Waals surface area contributed by atoms with Gasteiger partial charge in [-0.2, -0.15) is 0 Å². The monoisotopic (exact) mass is 287 g/mol. The third-order valence-corrected chi connectivity index (χ3v) is 4.65. The van der Waals surface area contributed by atoms with Gasteiger partial charge in [0, 0.05) is 6.54 Å². The fourth-order valence-corrected chi connectivity index (χ4v) is 3.53. The van der Waals surface area contributed by atoms with E-state index in [1.807, 2.05) is 30.3 Å². The van der Waals surface area contributed by atoms with Gasteiger partial charge in [0.15, 0.2) is 0 Å². The van der Waals surface area contributed by atoms with Crippen molar-refractivity contribution in [3.63, 3.8) is 0 Å². The Balaban J connectivity index is 1.66. The van der Waals surface area contributed by atoms with Crippen LogP contribution in [0.25, 0.3) is 0 Å². The molecule has 1 amide bonds. The molecule has 1 spiro atoms. The predicted octanol–water partition coefficient (Wildman–Crippen LogP) is 2.57. The summed E-state index contributed by atoms with van der Waals surface area (Å²) in [6.45, 7) is 0.500. The molecule has 1 heterocycles. The zero-order chi connectivity index (χ0) is 14.7. The fourth-order valence-electron chi connectivity index (χ4n) is 3.53. The minimum atomic E-state index is -0.532. The van der Waals surface area contributed by atoms with Gasteiger partial charge < -0.3 is 10.1 Å². The third kappa shape index (κ3) is 2.94. The van der Waals surface area contributed by atoms with E-state index in [9.17, 15) is 9.59 Å². The highest BCUT2D eigenvalue weighted by Crippen LogP contribution is 2.44. The number of nitrogens with one attached hydrogen (secondary N) is 1. The van der Waals surface area contributed by atoms with Crippen LogP contribution in [0.1, 0.15) is 44.1 Å². The van der Waals surface area contributed by atoms with Crippen LogP contribution in [0, 0.1) is 5.92 Å². The van der Waals surface area contributed by atoms with Crippen LogP contribution >= 0.6 is 0 Å². The molecule has 0 aromatic heterocycles. The summed E-state index contributed by atoms with van der Waals surface area (Å²) in [5, 5.41) is 2.96. The largest absolute Gasteiger partial charge is 0.458 e. The Morgan fingerprint density at radius 2 is 1.90 bits per heavy atom. The molecule has 1 N–H and O–H groups in total. The molecule has 0 radical (unpaired) electrons. The van der Waals surface area contributed by atoms with E-state index in [1.165, 1.54) is 0 Å². The molecule has 3 rings (SSSR count). The number of rotatable bonds is 3. The molecule has 21 heavy (non-hydrogen) atoms. The molecule has 1 saturated heterocycles. The van der Waals surface area contributed by atoms with Crippen molar-refractivity contribution < 1.29 is 14.3 Å². The van der Waals surface area contributed by atoms with Crippen LogP contribution < -0.4 is 5.32 Å². The summed E-state index contributed by atoms with van der Waals surface area (Å²) < 4.78 is 5.58. The number of amides is 1. The van der Waals surface area contributed by atoms with Gasteiger partial charge in [-0.25, -0.2) is 0 Å². The molecular formula is C17H21NO3. The summed E-state index contributed by atoms with van der Waals surface area (Å²) in [5.41, 5.74) is 0.532. The maximum absolute atomic E-state index is 12.5. The van der Waals surface area contributed by atoms with Crippen LogP contribution in [0.15, 0.2) is 30.3 Å². The van der Waals surface area contributed by atoms with Crippen molar-refractivity contribution >= 4 is 11.9 Å². The molecule has 1 saturated carbocycles. The first-order chi connectivity index (χ1) is 10.2. The molecule has 112 valence electrons. The third-order valence-electron chi connectivity index (χ3n) is 4.65. The number of hydrogen-bond acceptors (Lipinski definition) is 3. The average molecular weight is 287 g/mol. The van der Waals surface area contributed by atoms with Crippen LogP contribution in [-0.2, 0) is 20.9 Å². The summed E-state index contributed by atoms with van der Waals surface area (Å²) in [6.07, 6.45) is 5.11. The van der Waals surface area contributed by atoms with Crippen molar-refractivity contribution in [1.29, 1.82) is 0 Å². The summed E-state index contributed by atoms with van der Waals surface area (Å²) >= 11 is 0. The number of carbonyl (C=O) groups excluding carboxylic acids is 2. The predicted molar refractivity (Wildman–Crippen MR) is 78.3 cm³/mol. The highest BCUT2D eigenvalue weighted by atomic mass is 16.6. The minimum Gasteiger partial charge on any atom is -0.458 e. The first kappa shape index (κ1) is 14.1. The maximum atomic E-state index is 12.5. The Hall–Kier alpha value is -1.84. The number of carbonyl (C=O) groups is 2. The molecule has 1 unspecified atom stereocenters. The van der Waals surface area contributed by atoms with E-state index in [-0.39, 0.29) is 24.2 Å². The van der Waals surface area contributed by atoms with E-state index < -0.39 is 5.60 Å². The van der Waals surface area contributed by atoms with Gasteiger partial charge in [0.1, 0.15) is 5.60 Å². The van der Waals surface area contributed by atoms with E-state index in [0.29, 0.717) is 6.54 Å². The lowest BCUT2D eigenvalue weighted by Crippen LogP contribution is -2.45. The number of hydrogen-bond donors (Lipinski definition) is 1. The number of ether oxygens (including phenoxy) is 1. The minimum absolute atomic E-state index is 0.0494. The standard InChI is InChI=1S/C17H21NO3/c19-15-11-14(17(21-15)9-5-2-6-10-17)16(20)18-12-13-7-3-1-4-8-13/h1,3-4,7-8,14H,2,5-6,9-12H2,(H,18,20). The first-order valence-corrected chi connectivity index (χ1v) is 7.73. The van der Waals surface area contributed by atoms with Crippen molar-refractivity contribution in [2.45, 2.75) is 50.7 Å². The quantitative estimate of drug-likeness (QED) is 0.869. The number of esters is 1. The molecule has 2 aliphatic rings. The summed E-state index contributed by atoms with van der Waals surface area (Å²) in [6, 6.07) is 9.81. The van der Waals surface area contributed by atoms with Crippen LogP contribution in [-0.4, -0.2) is 17.5 Å². The Bertz CT molecular complexity index is 520. The zero-order valence-corrected chi connectivity index (χ0v) is 12.1. The lowest BCUT2D eigenvalue weighted by Gasteiger charge is -2.36. The maximum Gasteiger partial charge on any atom is 0.307 e. The van der Waals surface area contributed by atoms with Gasteiger partial charge in [-0.05, 0) is 31.2 Å². The van der Waals surface area contributed by atoms with Crippen molar-refractivity contribution in [3.05, 3.63) is 35.9 Å². The normalized spacial score (nSPS) is 23.8. The second kappa shape index (κ2) is 5.88. The molecule has 0 bridgehead atoms. The van der Waals surface area contributed by atoms with Crippen molar-refractivity contribution in [2.24, 2.45) is 5.92 Å². The van der Waals surface area contributed by atoms with Gasteiger partial charge in [0.2, 0.25) is 5.91 Å². The summed E-state index contributed by atoms with van der Waals surface area (Å²) in [4.78, 5) is 24.2. The zero-order valence-electron chi connectivity index (χ0n) is 12.1. The van der Waals surface area contributed by atoms with Gasteiger partial charge in [-0.15, -0.1) is 0 Å². The van der Waals surface area contributed by atoms with Crippen LogP contribution in [0.5, 0.6) is 0 Å². The van der Waals surface area contributed by atoms with Gasteiger partial charge in [-0.1, -0.05) is 36.8 Å². The second-order valence-corrected chi connectivity index (χ2v) is 6.06. The molecule has 4 heteroatoms. The topological polar surface area (TPSA) is 55.4 Å². The Morgan fingerprint density at radius 1 is 1.19 bits per heavy atom.